The smallest absolute Gasteiger partial charge is 0.0788 e. The molecule has 0 unspecified atom stereocenters. The normalized spacial score (nSPS) is 13.9. The van der Waals surface area contributed by atoms with Gasteiger partial charge >= 0.3 is 0 Å². The molecule has 26 heavy (non-hydrogen) atoms. The summed E-state index contributed by atoms with van der Waals surface area (Å²) in [6.07, 6.45) is 4.34. The number of pyridine rings is 2. The van der Waals surface area contributed by atoms with Crippen LogP contribution in [0.15, 0.2) is 72.9 Å². The molecule has 0 radical (unpaired) electrons. The number of hydrogen-bond donors (Lipinski definition) is 0. The Morgan fingerprint density at radius 1 is 0.846 bits per heavy atom. The van der Waals surface area contributed by atoms with Crippen LogP contribution >= 0.6 is 11.6 Å². The van der Waals surface area contributed by atoms with E-state index >= 15 is 0 Å². The van der Waals surface area contributed by atoms with Crippen LogP contribution in [-0.4, -0.2) is 9.97 Å². The zero-order valence-electron chi connectivity index (χ0n) is 14.2. The lowest BCUT2D eigenvalue weighted by molar-refractivity contribution is 1.04. The van der Waals surface area contributed by atoms with Gasteiger partial charge in [0.15, 0.2) is 0 Å². The van der Waals surface area contributed by atoms with Gasteiger partial charge in [0, 0.05) is 33.7 Å². The van der Waals surface area contributed by atoms with Crippen molar-refractivity contribution in [1.82, 2.24) is 9.97 Å². The van der Waals surface area contributed by atoms with Crippen LogP contribution in [0.25, 0.3) is 33.3 Å². The van der Waals surface area contributed by atoms with Crippen LogP contribution in [0.2, 0.25) is 5.02 Å². The lowest BCUT2D eigenvalue weighted by atomic mass is 9.96. The molecule has 0 saturated heterocycles. The van der Waals surface area contributed by atoms with Crippen LogP contribution in [0.1, 0.15) is 24.5 Å². The molecule has 2 aromatic heterocycles. The molecular formula is C23H17ClN2. The number of aromatic nitrogens is 2. The van der Waals surface area contributed by atoms with Crippen molar-refractivity contribution in [3.8, 4) is 22.4 Å². The first-order valence-electron chi connectivity index (χ1n) is 8.90. The summed E-state index contributed by atoms with van der Waals surface area (Å²) in [5.74, 6) is 0.588. The standard InChI is InChI=1S/C23H17ClN2/c24-18-10-8-17(9-11-18)23-19(15-4-2-1-3-5-15)14-20-21(26-23)12-13-25-22(20)16-6-7-16/h1-5,8-14,16H,6-7H2. The van der Waals surface area contributed by atoms with Crippen molar-refractivity contribution >= 4 is 22.5 Å². The third kappa shape index (κ3) is 2.77. The molecule has 1 aliphatic rings. The summed E-state index contributed by atoms with van der Waals surface area (Å²) >= 11 is 6.08. The van der Waals surface area contributed by atoms with E-state index in [9.17, 15) is 0 Å². The molecular weight excluding hydrogens is 340 g/mol. The molecule has 0 N–H and O–H groups in total. The Kier molecular flexibility index (Phi) is 3.72. The van der Waals surface area contributed by atoms with Gasteiger partial charge in [-0.3, -0.25) is 4.98 Å². The van der Waals surface area contributed by atoms with Gasteiger partial charge in [-0.05, 0) is 42.7 Å². The van der Waals surface area contributed by atoms with E-state index in [0.717, 1.165) is 32.9 Å². The first-order chi connectivity index (χ1) is 12.8. The number of nitrogens with zero attached hydrogens (tertiary/aromatic N) is 2. The van der Waals surface area contributed by atoms with E-state index in [1.165, 1.54) is 23.9 Å². The molecule has 2 nitrogen and oxygen atoms in total. The van der Waals surface area contributed by atoms with Crippen molar-refractivity contribution in [3.05, 3.63) is 83.6 Å². The van der Waals surface area contributed by atoms with E-state index in [1.807, 2.05) is 42.6 Å². The van der Waals surface area contributed by atoms with Crippen molar-refractivity contribution in [2.75, 3.05) is 0 Å². The lowest BCUT2D eigenvalue weighted by Gasteiger charge is -2.13. The summed E-state index contributed by atoms with van der Waals surface area (Å²) < 4.78 is 0. The number of rotatable bonds is 3. The fourth-order valence-electron chi connectivity index (χ4n) is 3.47. The molecule has 1 fully saturated rings. The Morgan fingerprint density at radius 3 is 2.35 bits per heavy atom. The SMILES string of the molecule is Clc1ccc(-c2nc3ccnc(C4CC4)c3cc2-c2ccccc2)cc1. The van der Waals surface area contributed by atoms with Gasteiger partial charge < -0.3 is 0 Å². The second-order valence-electron chi connectivity index (χ2n) is 6.79. The molecule has 3 heteroatoms. The van der Waals surface area contributed by atoms with E-state index in [0.29, 0.717) is 5.92 Å². The third-order valence-corrected chi connectivity index (χ3v) is 5.19. The summed E-state index contributed by atoms with van der Waals surface area (Å²) in [7, 11) is 0. The fourth-order valence-corrected chi connectivity index (χ4v) is 3.59. The van der Waals surface area contributed by atoms with E-state index < -0.39 is 0 Å². The number of hydrogen-bond acceptors (Lipinski definition) is 2. The molecule has 0 atom stereocenters. The number of fused-ring (bicyclic) bond motifs is 1. The van der Waals surface area contributed by atoms with E-state index in [1.54, 1.807) is 0 Å². The minimum absolute atomic E-state index is 0.588. The minimum Gasteiger partial charge on any atom is -0.260 e. The molecule has 1 saturated carbocycles. The van der Waals surface area contributed by atoms with Crippen molar-refractivity contribution in [3.63, 3.8) is 0 Å². The van der Waals surface area contributed by atoms with Crippen molar-refractivity contribution in [1.29, 1.82) is 0 Å². The van der Waals surface area contributed by atoms with Gasteiger partial charge in [0.05, 0.1) is 16.9 Å². The van der Waals surface area contributed by atoms with Crippen LogP contribution < -0.4 is 0 Å². The van der Waals surface area contributed by atoms with Crippen LogP contribution in [-0.2, 0) is 0 Å². The second-order valence-corrected chi connectivity index (χ2v) is 7.23. The lowest BCUT2D eigenvalue weighted by Crippen LogP contribution is -1.95. The molecule has 2 heterocycles. The topological polar surface area (TPSA) is 25.8 Å². The molecule has 0 aliphatic heterocycles. The molecule has 126 valence electrons. The Labute approximate surface area is 157 Å². The predicted octanol–water partition coefficient (Wildman–Crippen LogP) is 6.49. The summed E-state index contributed by atoms with van der Waals surface area (Å²) in [5.41, 5.74) is 6.54. The maximum Gasteiger partial charge on any atom is 0.0788 e. The van der Waals surface area contributed by atoms with Gasteiger partial charge in [0.25, 0.3) is 0 Å². The van der Waals surface area contributed by atoms with Gasteiger partial charge in [-0.25, -0.2) is 4.98 Å². The molecule has 0 bridgehead atoms. The van der Waals surface area contributed by atoms with Gasteiger partial charge in [-0.2, -0.15) is 0 Å². The molecule has 1 aliphatic carbocycles. The maximum absolute atomic E-state index is 6.08. The fraction of sp³-hybridized carbons (Fsp3) is 0.130. The molecule has 5 rings (SSSR count). The highest BCUT2D eigenvalue weighted by molar-refractivity contribution is 6.30. The highest BCUT2D eigenvalue weighted by Crippen LogP contribution is 2.43. The highest BCUT2D eigenvalue weighted by Gasteiger charge is 2.27. The van der Waals surface area contributed by atoms with Crippen LogP contribution in [0.3, 0.4) is 0 Å². The number of halogens is 1. The monoisotopic (exact) mass is 356 g/mol. The van der Waals surface area contributed by atoms with Crippen molar-refractivity contribution in [2.24, 2.45) is 0 Å². The molecule has 0 spiro atoms. The third-order valence-electron chi connectivity index (χ3n) is 4.94. The highest BCUT2D eigenvalue weighted by atomic mass is 35.5. The van der Waals surface area contributed by atoms with Crippen LogP contribution in [0.4, 0.5) is 0 Å². The van der Waals surface area contributed by atoms with E-state index in [-0.39, 0.29) is 0 Å². The zero-order valence-corrected chi connectivity index (χ0v) is 14.9. The Hall–Kier alpha value is -2.71. The Bertz CT molecular complexity index is 1080. The van der Waals surface area contributed by atoms with Crippen molar-refractivity contribution < 1.29 is 0 Å². The Balaban J connectivity index is 1.80. The second kappa shape index (κ2) is 6.22. The first-order valence-corrected chi connectivity index (χ1v) is 9.28. The van der Waals surface area contributed by atoms with Crippen molar-refractivity contribution in [2.45, 2.75) is 18.8 Å². The maximum atomic E-state index is 6.08. The molecule has 4 aromatic rings. The zero-order chi connectivity index (χ0) is 17.5. The molecule has 0 amide bonds. The predicted molar refractivity (Wildman–Crippen MR) is 107 cm³/mol. The minimum atomic E-state index is 0.588. The van der Waals surface area contributed by atoms with Crippen LogP contribution in [0, 0.1) is 0 Å². The van der Waals surface area contributed by atoms with E-state index in [2.05, 4.69) is 35.3 Å². The van der Waals surface area contributed by atoms with Gasteiger partial charge in [0.2, 0.25) is 0 Å². The summed E-state index contributed by atoms with van der Waals surface area (Å²) in [6, 6.07) is 22.6. The van der Waals surface area contributed by atoms with Crippen LogP contribution in [0.5, 0.6) is 0 Å². The average molecular weight is 357 g/mol. The Morgan fingerprint density at radius 2 is 1.62 bits per heavy atom. The molecule has 2 aromatic carbocycles. The number of benzene rings is 2. The average Bonchev–Trinajstić information content (AvgIpc) is 3.53. The summed E-state index contributed by atoms with van der Waals surface area (Å²) in [6.45, 7) is 0. The van der Waals surface area contributed by atoms with Gasteiger partial charge in [-0.15, -0.1) is 0 Å². The largest absolute Gasteiger partial charge is 0.260 e. The first kappa shape index (κ1) is 15.5. The summed E-state index contributed by atoms with van der Waals surface area (Å²) in [5, 5.41) is 1.91. The summed E-state index contributed by atoms with van der Waals surface area (Å²) in [4.78, 5) is 9.70. The van der Waals surface area contributed by atoms with E-state index in [4.69, 9.17) is 16.6 Å². The van der Waals surface area contributed by atoms with Gasteiger partial charge in [-0.1, -0.05) is 54.1 Å². The van der Waals surface area contributed by atoms with Gasteiger partial charge in [0.1, 0.15) is 0 Å². The quantitative estimate of drug-likeness (QED) is 0.419.